The van der Waals surface area contributed by atoms with Crippen LogP contribution in [0.25, 0.3) is 0 Å². The van der Waals surface area contributed by atoms with Crippen LogP contribution >= 0.6 is 11.6 Å². The van der Waals surface area contributed by atoms with Gasteiger partial charge in [-0.1, -0.05) is 12.2 Å². The Morgan fingerprint density at radius 2 is 2.36 bits per heavy atom. The summed E-state index contributed by atoms with van der Waals surface area (Å²) in [5.41, 5.74) is 0. The van der Waals surface area contributed by atoms with Crippen LogP contribution in [0, 0.1) is 11.8 Å². The summed E-state index contributed by atoms with van der Waals surface area (Å²) in [5, 5.41) is 0. The molecule has 2 rings (SSSR count). The molecule has 2 aliphatic carbocycles. The van der Waals surface area contributed by atoms with E-state index in [4.69, 9.17) is 11.6 Å². The maximum absolute atomic E-state index is 11.2. The summed E-state index contributed by atoms with van der Waals surface area (Å²) >= 11 is 6.20. The maximum Gasteiger partial charge on any atom is 0.151 e. The second-order valence-electron chi connectivity index (χ2n) is 3.61. The van der Waals surface area contributed by atoms with Crippen molar-refractivity contribution in [3.8, 4) is 0 Å². The highest BCUT2D eigenvalue weighted by atomic mass is 35.5. The van der Waals surface area contributed by atoms with Gasteiger partial charge in [0.2, 0.25) is 0 Å². The van der Waals surface area contributed by atoms with Gasteiger partial charge >= 0.3 is 0 Å². The molecule has 0 aromatic heterocycles. The van der Waals surface area contributed by atoms with Gasteiger partial charge in [-0.2, -0.15) is 0 Å². The largest absolute Gasteiger partial charge is 0.298 e. The zero-order chi connectivity index (χ0) is 8.06. The fourth-order valence-corrected chi connectivity index (χ4v) is 2.56. The molecular weight excluding hydrogens is 160 g/mol. The standard InChI is InChI=1S/C9H11ClO/c1-6(11)9(10)5-7-2-3-8(9)4-7/h2-3,7-8H,4-5H2,1H3/t7-,8+,9+/m1/s1. The molecule has 0 unspecified atom stereocenters. The van der Waals surface area contributed by atoms with Gasteiger partial charge < -0.3 is 0 Å². The molecule has 0 aliphatic heterocycles. The quantitative estimate of drug-likeness (QED) is 0.436. The first-order chi connectivity index (χ1) is 5.13. The first-order valence-electron chi connectivity index (χ1n) is 4.01. The molecule has 60 valence electrons. The number of allylic oxidation sites excluding steroid dienone is 2. The third kappa shape index (κ3) is 0.871. The molecule has 0 aromatic rings. The molecule has 0 spiro atoms. The third-order valence-corrected chi connectivity index (χ3v) is 3.61. The molecule has 0 N–H and O–H groups in total. The van der Waals surface area contributed by atoms with Crippen molar-refractivity contribution in [2.24, 2.45) is 11.8 Å². The molecule has 0 amide bonds. The predicted octanol–water partition coefficient (Wildman–Crippen LogP) is 2.15. The zero-order valence-corrected chi connectivity index (χ0v) is 7.27. The lowest BCUT2D eigenvalue weighted by molar-refractivity contribution is -0.120. The average molecular weight is 171 g/mol. The van der Waals surface area contributed by atoms with E-state index < -0.39 is 4.87 Å². The van der Waals surface area contributed by atoms with Gasteiger partial charge in [0.25, 0.3) is 0 Å². The Bertz CT molecular complexity index is 234. The van der Waals surface area contributed by atoms with Crippen LogP contribution in [0.2, 0.25) is 0 Å². The molecule has 3 atom stereocenters. The molecular formula is C9H11ClO. The molecule has 0 aromatic carbocycles. The zero-order valence-electron chi connectivity index (χ0n) is 6.51. The summed E-state index contributed by atoms with van der Waals surface area (Å²) in [6.07, 6.45) is 6.23. The van der Waals surface area contributed by atoms with E-state index in [-0.39, 0.29) is 5.78 Å². The smallest absolute Gasteiger partial charge is 0.151 e. The van der Waals surface area contributed by atoms with Crippen LogP contribution in [-0.4, -0.2) is 10.7 Å². The van der Waals surface area contributed by atoms with E-state index in [0.29, 0.717) is 11.8 Å². The number of ketones is 1. The van der Waals surface area contributed by atoms with Gasteiger partial charge in [-0.15, -0.1) is 11.6 Å². The lowest BCUT2D eigenvalue weighted by atomic mass is 9.89. The Balaban J connectivity index is 2.30. The second-order valence-corrected chi connectivity index (χ2v) is 4.28. The minimum Gasteiger partial charge on any atom is -0.298 e. The first kappa shape index (κ1) is 7.35. The summed E-state index contributed by atoms with van der Waals surface area (Å²) in [7, 11) is 0. The minimum atomic E-state index is -0.542. The van der Waals surface area contributed by atoms with Gasteiger partial charge in [-0.05, 0) is 25.7 Å². The summed E-state index contributed by atoms with van der Waals surface area (Å²) in [6, 6.07) is 0. The maximum atomic E-state index is 11.2. The predicted molar refractivity (Wildman–Crippen MR) is 44.6 cm³/mol. The van der Waals surface area contributed by atoms with E-state index in [0.717, 1.165) is 12.8 Å². The Morgan fingerprint density at radius 3 is 2.64 bits per heavy atom. The van der Waals surface area contributed by atoms with Crippen molar-refractivity contribution in [2.45, 2.75) is 24.6 Å². The van der Waals surface area contributed by atoms with Crippen molar-refractivity contribution in [2.75, 3.05) is 0 Å². The summed E-state index contributed by atoms with van der Waals surface area (Å²) in [6.45, 7) is 1.60. The van der Waals surface area contributed by atoms with Gasteiger partial charge in [0.05, 0.1) is 0 Å². The van der Waals surface area contributed by atoms with Crippen LogP contribution in [-0.2, 0) is 4.79 Å². The highest BCUT2D eigenvalue weighted by Gasteiger charge is 2.50. The molecule has 1 fully saturated rings. The van der Waals surface area contributed by atoms with E-state index in [9.17, 15) is 4.79 Å². The Labute approximate surface area is 71.4 Å². The molecule has 2 bridgehead atoms. The lowest BCUT2D eigenvalue weighted by Gasteiger charge is -2.25. The van der Waals surface area contributed by atoms with Crippen LogP contribution in [0.15, 0.2) is 12.2 Å². The highest BCUT2D eigenvalue weighted by molar-refractivity contribution is 6.35. The molecule has 1 saturated carbocycles. The molecule has 0 heterocycles. The van der Waals surface area contributed by atoms with Gasteiger partial charge in [0.15, 0.2) is 5.78 Å². The molecule has 2 aliphatic rings. The van der Waals surface area contributed by atoms with Crippen LogP contribution < -0.4 is 0 Å². The van der Waals surface area contributed by atoms with Crippen LogP contribution in [0.5, 0.6) is 0 Å². The van der Waals surface area contributed by atoms with Crippen molar-refractivity contribution in [1.29, 1.82) is 0 Å². The van der Waals surface area contributed by atoms with Gasteiger partial charge in [-0.25, -0.2) is 0 Å². The number of fused-ring (bicyclic) bond motifs is 2. The van der Waals surface area contributed by atoms with Gasteiger partial charge in [-0.3, -0.25) is 4.79 Å². The fraction of sp³-hybridized carbons (Fsp3) is 0.667. The van der Waals surface area contributed by atoms with Crippen molar-refractivity contribution in [3.63, 3.8) is 0 Å². The van der Waals surface area contributed by atoms with Crippen molar-refractivity contribution < 1.29 is 4.79 Å². The highest BCUT2D eigenvalue weighted by Crippen LogP contribution is 2.50. The van der Waals surface area contributed by atoms with Gasteiger partial charge in [0.1, 0.15) is 4.87 Å². The van der Waals surface area contributed by atoms with E-state index in [1.807, 2.05) is 0 Å². The van der Waals surface area contributed by atoms with Crippen LogP contribution in [0.3, 0.4) is 0 Å². The number of carbonyl (C=O) groups is 1. The number of alkyl halides is 1. The fourth-order valence-electron chi connectivity index (χ4n) is 2.20. The minimum absolute atomic E-state index is 0.135. The number of Topliss-reactive ketones (excluding diaryl/α,β-unsaturated/α-hetero) is 1. The molecule has 0 saturated heterocycles. The van der Waals surface area contributed by atoms with E-state index in [1.54, 1.807) is 6.92 Å². The topological polar surface area (TPSA) is 17.1 Å². The van der Waals surface area contributed by atoms with Crippen molar-refractivity contribution >= 4 is 17.4 Å². The summed E-state index contributed by atoms with van der Waals surface area (Å²) in [5.74, 6) is 1.02. The Hall–Kier alpha value is -0.300. The normalized spacial score (nSPS) is 46.7. The Morgan fingerprint density at radius 1 is 1.64 bits per heavy atom. The monoisotopic (exact) mass is 170 g/mol. The second kappa shape index (κ2) is 2.10. The van der Waals surface area contributed by atoms with E-state index in [2.05, 4.69) is 12.2 Å². The number of rotatable bonds is 1. The molecule has 11 heavy (non-hydrogen) atoms. The third-order valence-electron chi connectivity index (χ3n) is 2.90. The number of hydrogen-bond donors (Lipinski definition) is 0. The average Bonchev–Trinajstić information content (AvgIpc) is 2.45. The summed E-state index contributed by atoms with van der Waals surface area (Å²) in [4.78, 5) is 10.6. The molecule has 0 radical (unpaired) electrons. The number of hydrogen-bond acceptors (Lipinski definition) is 1. The number of halogens is 1. The SMILES string of the molecule is CC(=O)[C@@]1(Cl)C[C@@H]2C=C[C@H]1C2. The van der Waals surface area contributed by atoms with E-state index in [1.165, 1.54) is 0 Å². The first-order valence-corrected chi connectivity index (χ1v) is 4.39. The summed E-state index contributed by atoms with van der Waals surface area (Å²) < 4.78 is 0. The van der Waals surface area contributed by atoms with Crippen molar-refractivity contribution in [3.05, 3.63) is 12.2 Å². The van der Waals surface area contributed by atoms with Gasteiger partial charge in [0, 0.05) is 5.92 Å². The molecule has 1 nitrogen and oxygen atoms in total. The van der Waals surface area contributed by atoms with Crippen molar-refractivity contribution in [1.82, 2.24) is 0 Å². The Kier molecular flexibility index (Phi) is 1.40. The van der Waals surface area contributed by atoms with Crippen LogP contribution in [0.4, 0.5) is 0 Å². The van der Waals surface area contributed by atoms with E-state index >= 15 is 0 Å². The molecule has 2 heteroatoms. The lowest BCUT2D eigenvalue weighted by Crippen LogP contribution is -2.34. The van der Waals surface area contributed by atoms with Crippen LogP contribution in [0.1, 0.15) is 19.8 Å². The number of carbonyl (C=O) groups excluding carboxylic acids is 1.